The molecule has 0 radical (unpaired) electrons. The molecule has 2 unspecified atom stereocenters. The van der Waals surface area contributed by atoms with Crippen molar-refractivity contribution in [3.05, 3.63) is 64.7 Å². The van der Waals surface area contributed by atoms with Crippen LogP contribution in [0.5, 0.6) is 0 Å². The minimum atomic E-state index is -2.00. The van der Waals surface area contributed by atoms with Crippen LogP contribution in [-0.2, 0) is 11.3 Å². The van der Waals surface area contributed by atoms with Crippen molar-refractivity contribution in [2.24, 2.45) is 5.92 Å². The molecule has 3 aromatic rings. The molecule has 0 aliphatic carbocycles. The fourth-order valence-electron chi connectivity index (χ4n) is 4.01. The van der Waals surface area contributed by atoms with Crippen molar-refractivity contribution in [1.82, 2.24) is 14.5 Å². The molecule has 0 bridgehead atoms. The van der Waals surface area contributed by atoms with E-state index in [-0.39, 0.29) is 11.4 Å². The third-order valence-electron chi connectivity index (χ3n) is 5.45. The lowest BCUT2D eigenvalue weighted by molar-refractivity contribution is 0.388. The van der Waals surface area contributed by atoms with Crippen molar-refractivity contribution in [3.63, 3.8) is 0 Å². The molecule has 7 nitrogen and oxygen atoms in total. The molecule has 1 aromatic heterocycles. The summed E-state index contributed by atoms with van der Waals surface area (Å²) in [5.41, 5.74) is 0.265. The minimum Gasteiger partial charge on any atom is -0.354 e. The molecule has 4 rings (SSSR count). The van der Waals surface area contributed by atoms with Crippen molar-refractivity contribution in [3.8, 4) is 5.69 Å². The first kappa shape index (κ1) is 20.6. The molecule has 1 aliphatic heterocycles. The molecule has 2 N–H and O–H groups in total. The third-order valence-corrected chi connectivity index (χ3v) is 5.90. The summed E-state index contributed by atoms with van der Waals surface area (Å²) in [6, 6.07) is 13.1. The lowest BCUT2D eigenvalue weighted by Gasteiger charge is -2.34. The van der Waals surface area contributed by atoms with E-state index in [9.17, 15) is 13.4 Å². The van der Waals surface area contributed by atoms with E-state index in [0.29, 0.717) is 23.5 Å². The average molecular weight is 431 g/mol. The second-order valence-electron chi connectivity index (χ2n) is 7.45. The SMILES string of the molecule is O=c1c2ccccc2c(N2CCCC(CCNS(=O)O)C2)nn1-c1ccc(F)cc1. The number of halogens is 1. The van der Waals surface area contributed by atoms with Crippen molar-refractivity contribution < 1.29 is 13.2 Å². The number of benzene rings is 2. The van der Waals surface area contributed by atoms with Crippen LogP contribution in [0.3, 0.4) is 0 Å². The zero-order valence-electron chi connectivity index (χ0n) is 16.3. The normalized spacial score (nSPS) is 17.9. The number of hydrogen-bond acceptors (Lipinski definition) is 4. The molecule has 0 saturated carbocycles. The van der Waals surface area contributed by atoms with Crippen LogP contribution in [0.15, 0.2) is 53.3 Å². The average Bonchev–Trinajstić information content (AvgIpc) is 2.75. The molecule has 9 heteroatoms. The summed E-state index contributed by atoms with van der Waals surface area (Å²) in [6.45, 7) is 2.03. The molecule has 2 atom stereocenters. The summed E-state index contributed by atoms with van der Waals surface area (Å²) in [4.78, 5) is 15.2. The number of nitrogens with one attached hydrogen (secondary N) is 1. The Kier molecular flexibility index (Phi) is 6.21. The Bertz CT molecular complexity index is 1120. The first-order valence-electron chi connectivity index (χ1n) is 9.90. The highest BCUT2D eigenvalue weighted by Gasteiger charge is 2.24. The van der Waals surface area contributed by atoms with E-state index in [0.717, 1.165) is 43.6 Å². The lowest BCUT2D eigenvalue weighted by Crippen LogP contribution is -2.38. The van der Waals surface area contributed by atoms with Crippen LogP contribution < -0.4 is 15.2 Å². The Hall–Kier alpha value is -2.62. The highest BCUT2D eigenvalue weighted by atomic mass is 32.2. The van der Waals surface area contributed by atoms with E-state index < -0.39 is 11.3 Å². The molecule has 1 saturated heterocycles. The van der Waals surface area contributed by atoms with Gasteiger partial charge in [-0.3, -0.25) is 9.35 Å². The van der Waals surface area contributed by atoms with E-state index in [1.807, 2.05) is 18.2 Å². The molecule has 0 amide bonds. The smallest absolute Gasteiger partial charge is 0.279 e. The Labute approximate surface area is 175 Å². The van der Waals surface area contributed by atoms with Crippen LogP contribution in [0.1, 0.15) is 19.3 Å². The predicted molar refractivity (Wildman–Crippen MR) is 116 cm³/mol. The molecule has 158 valence electrons. The zero-order chi connectivity index (χ0) is 21.1. The van der Waals surface area contributed by atoms with E-state index in [4.69, 9.17) is 4.55 Å². The summed E-state index contributed by atoms with van der Waals surface area (Å²) in [5.74, 6) is 0.698. The van der Waals surface area contributed by atoms with Gasteiger partial charge in [-0.25, -0.2) is 13.3 Å². The van der Waals surface area contributed by atoms with Crippen LogP contribution in [0.25, 0.3) is 16.5 Å². The van der Waals surface area contributed by atoms with Gasteiger partial charge in [0.1, 0.15) is 5.82 Å². The Morgan fingerprint density at radius 1 is 1.17 bits per heavy atom. The number of nitrogens with zero attached hydrogens (tertiary/aromatic N) is 3. The fraction of sp³-hybridized carbons (Fsp3) is 0.333. The maximum Gasteiger partial charge on any atom is 0.279 e. The summed E-state index contributed by atoms with van der Waals surface area (Å²) in [7, 11) is 0. The second-order valence-corrected chi connectivity index (χ2v) is 8.24. The van der Waals surface area contributed by atoms with Gasteiger partial charge in [-0.05, 0) is 55.5 Å². The number of anilines is 1. The molecular weight excluding hydrogens is 407 g/mol. The maximum absolute atomic E-state index is 13.4. The number of aromatic nitrogens is 2. The van der Waals surface area contributed by atoms with E-state index in [2.05, 4.69) is 14.7 Å². The lowest BCUT2D eigenvalue weighted by atomic mass is 9.94. The first-order chi connectivity index (χ1) is 14.5. The minimum absolute atomic E-state index is 0.246. The topological polar surface area (TPSA) is 87.5 Å². The summed E-state index contributed by atoms with van der Waals surface area (Å²) >= 11 is -2.00. The van der Waals surface area contributed by atoms with Crippen LogP contribution in [0.4, 0.5) is 10.2 Å². The van der Waals surface area contributed by atoms with Crippen LogP contribution in [-0.4, -0.2) is 38.2 Å². The molecule has 2 aromatic carbocycles. The van der Waals surface area contributed by atoms with Gasteiger partial charge in [0, 0.05) is 25.0 Å². The third kappa shape index (κ3) is 4.43. The highest BCUT2D eigenvalue weighted by Crippen LogP contribution is 2.28. The maximum atomic E-state index is 13.4. The number of fused-ring (bicyclic) bond motifs is 1. The summed E-state index contributed by atoms with van der Waals surface area (Å²) < 4.78 is 37.0. The van der Waals surface area contributed by atoms with Gasteiger partial charge in [0.2, 0.25) is 11.3 Å². The van der Waals surface area contributed by atoms with Gasteiger partial charge < -0.3 is 4.90 Å². The number of piperidine rings is 1. The van der Waals surface area contributed by atoms with Crippen molar-refractivity contribution >= 4 is 27.9 Å². The van der Waals surface area contributed by atoms with Gasteiger partial charge in [-0.2, -0.15) is 4.68 Å². The van der Waals surface area contributed by atoms with Gasteiger partial charge in [0.05, 0.1) is 11.1 Å². The quantitative estimate of drug-likeness (QED) is 0.587. The first-order valence-corrected chi connectivity index (χ1v) is 11.0. The van der Waals surface area contributed by atoms with Gasteiger partial charge in [-0.1, -0.05) is 18.2 Å². The second kappa shape index (κ2) is 9.03. The van der Waals surface area contributed by atoms with Gasteiger partial charge in [0.25, 0.3) is 5.56 Å². The van der Waals surface area contributed by atoms with Crippen LogP contribution in [0, 0.1) is 11.7 Å². The van der Waals surface area contributed by atoms with Gasteiger partial charge in [-0.15, -0.1) is 5.10 Å². The summed E-state index contributed by atoms with van der Waals surface area (Å²) in [6.07, 6.45) is 2.78. The monoisotopic (exact) mass is 430 g/mol. The molecule has 2 heterocycles. The van der Waals surface area contributed by atoms with Crippen molar-refractivity contribution in [2.45, 2.75) is 19.3 Å². The standard InChI is InChI=1S/C21H23FN4O3S/c22-16-7-9-17(10-8-16)26-21(27)19-6-2-1-5-18(19)20(24-26)25-13-3-4-15(14-25)11-12-23-30(28)29/h1-2,5-10,15,23H,3-4,11-14H2,(H,28,29). The van der Waals surface area contributed by atoms with E-state index in [1.54, 1.807) is 18.2 Å². The van der Waals surface area contributed by atoms with Gasteiger partial charge in [0.15, 0.2) is 5.82 Å². The van der Waals surface area contributed by atoms with E-state index in [1.165, 1.54) is 16.8 Å². The molecule has 1 aliphatic rings. The Balaban J connectivity index is 1.71. The molecule has 1 fully saturated rings. The highest BCUT2D eigenvalue weighted by molar-refractivity contribution is 7.77. The van der Waals surface area contributed by atoms with Crippen LogP contribution in [0.2, 0.25) is 0 Å². The van der Waals surface area contributed by atoms with Crippen LogP contribution >= 0.6 is 0 Å². The molecular formula is C21H23FN4O3S. The largest absolute Gasteiger partial charge is 0.354 e. The fourth-order valence-corrected chi connectivity index (χ4v) is 4.30. The number of rotatable bonds is 6. The molecule has 30 heavy (non-hydrogen) atoms. The van der Waals surface area contributed by atoms with Crippen molar-refractivity contribution in [2.75, 3.05) is 24.5 Å². The zero-order valence-corrected chi connectivity index (χ0v) is 17.1. The van der Waals surface area contributed by atoms with Crippen molar-refractivity contribution in [1.29, 1.82) is 0 Å². The molecule has 0 spiro atoms. The summed E-state index contributed by atoms with van der Waals surface area (Å²) in [5, 5.41) is 6.02. The number of hydrogen-bond donors (Lipinski definition) is 2. The Morgan fingerprint density at radius 3 is 2.63 bits per heavy atom. The van der Waals surface area contributed by atoms with E-state index >= 15 is 0 Å². The Morgan fingerprint density at radius 2 is 1.90 bits per heavy atom. The van der Waals surface area contributed by atoms with Gasteiger partial charge >= 0.3 is 0 Å². The predicted octanol–water partition coefficient (Wildman–Crippen LogP) is 2.86.